The normalized spacial score (nSPS) is 13.6. The van der Waals surface area contributed by atoms with Crippen molar-refractivity contribution >= 4 is 8.80 Å². The summed E-state index contributed by atoms with van der Waals surface area (Å²) in [6, 6.07) is 1.90. The lowest BCUT2D eigenvalue weighted by Crippen LogP contribution is -2.48. The molecule has 0 aliphatic rings. The SMILES string of the molecule is CO[Si](CCCc1cc(C(F)(F)F)cc(C(F)(F)F)c1)(OC(C)C)OC(C)C. The summed E-state index contributed by atoms with van der Waals surface area (Å²) in [7, 11) is -1.66. The Morgan fingerprint density at radius 1 is 0.821 bits per heavy atom. The third-order valence-corrected chi connectivity index (χ3v) is 6.99. The molecule has 0 N–H and O–H groups in total. The average Bonchev–Trinajstić information content (AvgIpc) is 2.51. The molecule has 0 radical (unpaired) electrons. The summed E-state index contributed by atoms with van der Waals surface area (Å²) >= 11 is 0. The average molecular weight is 432 g/mol. The molecule has 1 rings (SSSR count). The Morgan fingerprint density at radius 2 is 1.25 bits per heavy atom. The summed E-state index contributed by atoms with van der Waals surface area (Å²) in [4.78, 5) is 0. The van der Waals surface area contributed by atoms with E-state index in [9.17, 15) is 26.3 Å². The van der Waals surface area contributed by atoms with Gasteiger partial charge >= 0.3 is 21.2 Å². The van der Waals surface area contributed by atoms with E-state index in [4.69, 9.17) is 13.3 Å². The van der Waals surface area contributed by atoms with Gasteiger partial charge in [0.05, 0.1) is 11.1 Å². The molecule has 0 unspecified atom stereocenters. The lowest BCUT2D eigenvalue weighted by atomic mass is 10.0. The van der Waals surface area contributed by atoms with Crippen LogP contribution in [0.2, 0.25) is 6.04 Å². The van der Waals surface area contributed by atoms with E-state index in [0.717, 1.165) is 12.1 Å². The molecular weight excluding hydrogens is 406 g/mol. The quantitative estimate of drug-likeness (QED) is 0.349. The van der Waals surface area contributed by atoms with Gasteiger partial charge in [0.1, 0.15) is 0 Å². The molecule has 1 aromatic rings. The number of rotatable bonds is 9. The zero-order valence-corrected chi connectivity index (χ0v) is 17.5. The van der Waals surface area contributed by atoms with E-state index < -0.39 is 32.3 Å². The van der Waals surface area contributed by atoms with Crippen LogP contribution < -0.4 is 0 Å². The Morgan fingerprint density at radius 3 is 1.57 bits per heavy atom. The Hall–Kier alpha value is -1.10. The first kappa shape index (κ1) is 24.9. The van der Waals surface area contributed by atoms with Crippen molar-refractivity contribution in [3.63, 3.8) is 0 Å². The van der Waals surface area contributed by atoms with Gasteiger partial charge in [-0.3, -0.25) is 0 Å². The van der Waals surface area contributed by atoms with Crippen LogP contribution in [0.5, 0.6) is 0 Å². The van der Waals surface area contributed by atoms with Crippen LogP contribution in [0, 0.1) is 0 Å². The summed E-state index contributed by atoms with van der Waals surface area (Å²) in [5, 5.41) is 0. The number of halogens is 6. The van der Waals surface area contributed by atoms with Crippen molar-refractivity contribution in [2.24, 2.45) is 0 Å². The lowest BCUT2D eigenvalue weighted by Gasteiger charge is -2.31. The van der Waals surface area contributed by atoms with Crippen LogP contribution in [0.25, 0.3) is 0 Å². The van der Waals surface area contributed by atoms with Crippen LogP contribution in [0.15, 0.2) is 18.2 Å². The molecule has 0 amide bonds. The Kier molecular flexibility index (Phi) is 8.55. The van der Waals surface area contributed by atoms with Crippen molar-refractivity contribution in [3.8, 4) is 0 Å². The second-order valence-electron chi connectivity index (χ2n) is 6.99. The fourth-order valence-electron chi connectivity index (χ4n) is 2.73. The molecule has 0 aliphatic heterocycles. The largest absolute Gasteiger partial charge is 0.501 e. The fourth-order valence-corrected chi connectivity index (χ4v) is 5.47. The van der Waals surface area contributed by atoms with Crippen LogP contribution in [-0.2, 0) is 32.1 Å². The number of aryl methyl sites for hydroxylation is 1. The van der Waals surface area contributed by atoms with Gasteiger partial charge in [0.15, 0.2) is 0 Å². The van der Waals surface area contributed by atoms with E-state index >= 15 is 0 Å². The van der Waals surface area contributed by atoms with Crippen LogP contribution in [0.4, 0.5) is 26.3 Å². The Labute approximate surface area is 162 Å². The number of alkyl halides is 6. The van der Waals surface area contributed by atoms with Crippen LogP contribution in [0.3, 0.4) is 0 Å². The van der Waals surface area contributed by atoms with Gasteiger partial charge in [0.2, 0.25) is 0 Å². The standard InChI is InChI=1S/C18H26F6O3Si/c1-12(2)26-28(25-5,27-13(3)4)8-6-7-14-9-15(17(19,20)21)11-16(10-14)18(22,23)24/h9-13H,6-8H2,1-5H3. The maximum Gasteiger partial charge on any atom is 0.501 e. The van der Waals surface area contributed by atoms with E-state index in [1.807, 2.05) is 0 Å². The van der Waals surface area contributed by atoms with Gasteiger partial charge in [0, 0.05) is 25.4 Å². The molecule has 0 saturated heterocycles. The molecule has 0 aromatic heterocycles. The van der Waals surface area contributed by atoms with Gasteiger partial charge in [-0.25, -0.2) is 0 Å². The number of hydrogen-bond donors (Lipinski definition) is 0. The second kappa shape index (κ2) is 9.60. The highest BCUT2D eigenvalue weighted by Crippen LogP contribution is 2.36. The van der Waals surface area contributed by atoms with Crippen LogP contribution >= 0.6 is 0 Å². The minimum absolute atomic E-state index is 0.00796. The van der Waals surface area contributed by atoms with Gasteiger partial charge in [-0.2, -0.15) is 26.3 Å². The highest BCUT2D eigenvalue weighted by atomic mass is 28.4. The fraction of sp³-hybridized carbons (Fsp3) is 0.667. The van der Waals surface area contributed by atoms with Gasteiger partial charge in [0.25, 0.3) is 0 Å². The number of benzene rings is 1. The molecule has 162 valence electrons. The van der Waals surface area contributed by atoms with E-state index in [1.165, 1.54) is 7.11 Å². The van der Waals surface area contributed by atoms with Gasteiger partial charge < -0.3 is 13.3 Å². The molecule has 0 spiro atoms. The smallest absolute Gasteiger partial charge is 0.377 e. The topological polar surface area (TPSA) is 27.7 Å². The third kappa shape index (κ3) is 7.73. The first-order valence-electron chi connectivity index (χ1n) is 8.87. The van der Waals surface area contributed by atoms with E-state index in [1.54, 1.807) is 27.7 Å². The van der Waals surface area contributed by atoms with Crippen molar-refractivity contribution in [3.05, 3.63) is 34.9 Å². The highest BCUT2D eigenvalue weighted by Gasteiger charge is 2.42. The molecule has 0 saturated carbocycles. The van der Waals surface area contributed by atoms with Crippen molar-refractivity contribution in [1.29, 1.82) is 0 Å². The molecule has 1 aromatic carbocycles. The van der Waals surface area contributed by atoms with Crippen LogP contribution in [-0.4, -0.2) is 28.1 Å². The molecule has 3 nitrogen and oxygen atoms in total. The van der Waals surface area contributed by atoms with E-state index in [-0.39, 0.29) is 42.7 Å². The molecule has 0 fully saturated rings. The summed E-state index contributed by atoms with van der Waals surface area (Å²) < 4.78 is 95.0. The molecule has 0 aliphatic carbocycles. The Balaban J connectivity index is 3.03. The first-order chi connectivity index (χ1) is 12.7. The van der Waals surface area contributed by atoms with Gasteiger partial charge in [-0.1, -0.05) is 0 Å². The number of hydrogen-bond acceptors (Lipinski definition) is 3. The van der Waals surface area contributed by atoms with Crippen molar-refractivity contribution in [2.75, 3.05) is 7.11 Å². The molecule has 28 heavy (non-hydrogen) atoms. The zero-order chi connectivity index (χ0) is 21.8. The van der Waals surface area contributed by atoms with Crippen molar-refractivity contribution in [2.45, 2.75) is 71.1 Å². The summed E-state index contributed by atoms with van der Waals surface area (Å²) in [5.41, 5.74) is -2.68. The Bertz CT molecular complexity index is 586. The zero-order valence-electron chi connectivity index (χ0n) is 16.5. The molecule has 0 heterocycles. The third-order valence-electron chi connectivity index (χ3n) is 3.74. The predicted octanol–water partition coefficient (Wildman–Crippen LogP) is 6.09. The van der Waals surface area contributed by atoms with Crippen LogP contribution in [0.1, 0.15) is 50.8 Å². The van der Waals surface area contributed by atoms with Crippen molar-refractivity contribution in [1.82, 2.24) is 0 Å². The summed E-state index contributed by atoms with van der Waals surface area (Å²) in [6.45, 7) is 7.19. The molecule has 10 heteroatoms. The molecule has 0 bridgehead atoms. The molecule has 0 atom stereocenters. The predicted molar refractivity (Wildman–Crippen MR) is 94.8 cm³/mol. The maximum absolute atomic E-state index is 13.0. The highest BCUT2D eigenvalue weighted by molar-refractivity contribution is 6.60. The minimum Gasteiger partial charge on any atom is -0.377 e. The van der Waals surface area contributed by atoms with E-state index in [0.29, 0.717) is 0 Å². The van der Waals surface area contributed by atoms with Gasteiger partial charge in [-0.05, 0) is 64.3 Å². The lowest BCUT2D eigenvalue weighted by molar-refractivity contribution is -0.143. The first-order valence-corrected chi connectivity index (χ1v) is 10.8. The second-order valence-corrected chi connectivity index (χ2v) is 9.73. The van der Waals surface area contributed by atoms with E-state index in [2.05, 4.69) is 0 Å². The summed E-state index contributed by atoms with van der Waals surface area (Å²) in [5.74, 6) is 0. The minimum atomic E-state index is -4.86. The molecular formula is C18H26F6O3Si. The monoisotopic (exact) mass is 432 g/mol. The van der Waals surface area contributed by atoms with Gasteiger partial charge in [-0.15, -0.1) is 0 Å². The van der Waals surface area contributed by atoms with Crippen molar-refractivity contribution < 1.29 is 39.6 Å². The summed E-state index contributed by atoms with van der Waals surface area (Å²) in [6.07, 6.45) is -9.84. The maximum atomic E-state index is 13.0.